The van der Waals surface area contributed by atoms with Gasteiger partial charge in [0.1, 0.15) is 0 Å². The molecule has 5 nitrogen and oxygen atoms in total. The highest BCUT2D eigenvalue weighted by molar-refractivity contribution is 5.76. The molecule has 5 heteroatoms. The second kappa shape index (κ2) is 6.61. The summed E-state index contributed by atoms with van der Waals surface area (Å²) in [6.07, 6.45) is 1.97. The number of carbonyl (C=O) groups is 2. The highest BCUT2D eigenvalue weighted by Crippen LogP contribution is 2.34. The fourth-order valence-electron chi connectivity index (χ4n) is 2.37. The van der Waals surface area contributed by atoms with Gasteiger partial charge in [0.15, 0.2) is 0 Å². The second-order valence-corrected chi connectivity index (χ2v) is 5.79. The number of hydrogen-bond acceptors (Lipinski definition) is 2. The summed E-state index contributed by atoms with van der Waals surface area (Å²) < 4.78 is 0. The molecular formula is C16H22N2O3. The van der Waals surface area contributed by atoms with Gasteiger partial charge in [-0.25, -0.2) is 4.79 Å². The molecule has 1 fully saturated rings. The third-order valence-electron chi connectivity index (χ3n) is 3.83. The Morgan fingerprint density at radius 2 is 1.86 bits per heavy atom. The minimum absolute atomic E-state index is 0.0169. The minimum Gasteiger partial charge on any atom is -0.481 e. The van der Waals surface area contributed by atoms with Crippen LogP contribution in [0, 0.1) is 12.8 Å². The molecule has 0 bridgehead atoms. The fraction of sp³-hybridized carbons (Fsp3) is 0.500. The third-order valence-corrected chi connectivity index (χ3v) is 3.83. The van der Waals surface area contributed by atoms with Crippen molar-refractivity contribution in [2.24, 2.45) is 5.92 Å². The highest BCUT2D eigenvalue weighted by atomic mass is 16.4. The summed E-state index contributed by atoms with van der Waals surface area (Å²) in [5.74, 6) is -0.569. The van der Waals surface area contributed by atoms with Crippen molar-refractivity contribution in [1.82, 2.24) is 10.6 Å². The molecule has 1 aliphatic carbocycles. The van der Waals surface area contributed by atoms with Crippen molar-refractivity contribution in [3.63, 3.8) is 0 Å². The number of carboxylic acids is 1. The van der Waals surface area contributed by atoms with Gasteiger partial charge in [-0.05, 0) is 38.2 Å². The molecule has 2 rings (SSSR count). The molecule has 2 amide bonds. The Hall–Kier alpha value is -2.04. The van der Waals surface area contributed by atoms with Crippen molar-refractivity contribution in [3.8, 4) is 0 Å². The Balaban J connectivity index is 1.87. The van der Waals surface area contributed by atoms with E-state index in [4.69, 9.17) is 5.11 Å². The first kappa shape index (κ1) is 15.4. The molecule has 1 aliphatic rings. The molecular weight excluding hydrogens is 268 g/mol. The highest BCUT2D eigenvalue weighted by Gasteiger charge is 2.33. The number of amides is 2. The SMILES string of the molecule is Cc1ccc(C(C)NC(=O)NC(CC(=O)O)C2CC2)cc1. The van der Waals surface area contributed by atoms with E-state index in [1.807, 2.05) is 38.1 Å². The van der Waals surface area contributed by atoms with E-state index >= 15 is 0 Å². The predicted molar refractivity (Wildman–Crippen MR) is 80.0 cm³/mol. The number of aliphatic carboxylic acids is 1. The molecule has 0 spiro atoms. The van der Waals surface area contributed by atoms with Crippen LogP contribution in [0.25, 0.3) is 0 Å². The number of benzene rings is 1. The maximum absolute atomic E-state index is 12.0. The normalized spacial score (nSPS) is 16.9. The Kier molecular flexibility index (Phi) is 4.83. The number of hydrogen-bond donors (Lipinski definition) is 3. The lowest BCUT2D eigenvalue weighted by Crippen LogP contribution is -2.44. The Morgan fingerprint density at radius 3 is 2.38 bits per heavy atom. The van der Waals surface area contributed by atoms with Gasteiger partial charge in [0.05, 0.1) is 12.5 Å². The van der Waals surface area contributed by atoms with Gasteiger partial charge in [-0.2, -0.15) is 0 Å². The number of aryl methyl sites for hydroxylation is 1. The Labute approximate surface area is 124 Å². The van der Waals surface area contributed by atoms with E-state index < -0.39 is 5.97 Å². The fourth-order valence-corrected chi connectivity index (χ4v) is 2.37. The average Bonchev–Trinajstić information content (AvgIpc) is 3.22. The van der Waals surface area contributed by atoms with Crippen LogP contribution in [0.3, 0.4) is 0 Å². The molecule has 3 N–H and O–H groups in total. The quantitative estimate of drug-likeness (QED) is 0.753. The smallest absolute Gasteiger partial charge is 0.315 e. The zero-order valence-electron chi connectivity index (χ0n) is 12.4. The first-order valence-electron chi connectivity index (χ1n) is 7.31. The van der Waals surface area contributed by atoms with Crippen LogP contribution in [0.1, 0.15) is 43.4 Å². The van der Waals surface area contributed by atoms with Crippen molar-refractivity contribution in [3.05, 3.63) is 35.4 Å². The molecule has 0 saturated heterocycles. The van der Waals surface area contributed by atoms with E-state index in [0.29, 0.717) is 5.92 Å². The molecule has 114 valence electrons. The van der Waals surface area contributed by atoms with E-state index in [9.17, 15) is 9.59 Å². The van der Waals surface area contributed by atoms with Crippen molar-refractivity contribution in [1.29, 1.82) is 0 Å². The van der Waals surface area contributed by atoms with E-state index in [2.05, 4.69) is 10.6 Å². The van der Waals surface area contributed by atoms with Crippen LogP contribution in [-0.4, -0.2) is 23.1 Å². The van der Waals surface area contributed by atoms with Crippen LogP contribution >= 0.6 is 0 Å². The first-order valence-corrected chi connectivity index (χ1v) is 7.31. The largest absolute Gasteiger partial charge is 0.481 e. The lowest BCUT2D eigenvalue weighted by Gasteiger charge is -2.20. The summed E-state index contributed by atoms with van der Waals surface area (Å²) in [5.41, 5.74) is 2.20. The van der Waals surface area contributed by atoms with E-state index in [1.165, 1.54) is 5.56 Å². The van der Waals surface area contributed by atoms with E-state index in [-0.39, 0.29) is 24.5 Å². The summed E-state index contributed by atoms with van der Waals surface area (Å²) in [4.78, 5) is 22.8. The molecule has 2 atom stereocenters. The summed E-state index contributed by atoms with van der Waals surface area (Å²) in [7, 11) is 0. The van der Waals surface area contributed by atoms with Crippen LogP contribution in [0.4, 0.5) is 4.79 Å². The average molecular weight is 290 g/mol. The molecule has 1 aromatic carbocycles. The van der Waals surface area contributed by atoms with Crippen molar-refractivity contribution >= 4 is 12.0 Å². The molecule has 21 heavy (non-hydrogen) atoms. The molecule has 1 saturated carbocycles. The maximum Gasteiger partial charge on any atom is 0.315 e. The van der Waals surface area contributed by atoms with Crippen LogP contribution < -0.4 is 10.6 Å². The van der Waals surface area contributed by atoms with E-state index in [1.54, 1.807) is 0 Å². The zero-order valence-corrected chi connectivity index (χ0v) is 12.4. The number of carbonyl (C=O) groups excluding carboxylic acids is 1. The van der Waals surface area contributed by atoms with Gasteiger partial charge in [-0.3, -0.25) is 4.79 Å². The molecule has 0 aromatic heterocycles. The van der Waals surface area contributed by atoms with Gasteiger partial charge < -0.3 is 15.7 Å². The van der Waals surface area contributed by atoms with Crippen LogP contribution in [-0.2, 0) is 4.79 Å². The topological polar surface area (TPSA) is 78.4 Å². The van der Waals surface area contributed by atoms with Gasteiger partial charge >= 0.3 is 12.0 Å². The Morgan fingerprint density at radius 1 is 1.24 bits per heavy atom. The number of rotatable bonds is 6. The zero-order chi connectivity index (χ0) is 15.4. The minimum atomic E-state index is -0.876. The number of urea groups is 1. The van der Waals surface area contributed by atoms with Gasteiger partial charge in [0.2, 0.25) is 0 Å². The Bertz CT molecular complexity index is 509. The molecule has 0 radical (unpaired) electrons. The summed E-state index contributed by atoms with van der Waals surface area (Å²) in [6, 6.07) is 7.28. The summed E-state index contributed by atoms with van der Waals surface area (Å²) in [6.45, 7) is 3.92. The van der Waals surface area contributed by atoms with Crippen LogP contribution in [0.15, 0.2) is 24.3 Å². The lowest BCUT2D eigenvalue weighted by molar-refractivity contribution is -0.137. The summed E-state index contributed by atoms with van der Waals surface area (Å²) in [5, 5.41) is 14.5. The first-order chi connectivity index (χ1) is 9.95. The maximum atomic E-state index is 12.0. The van der Waals surface area contributed by atoms with Gasteiger partial charge in [-0.1, -0.05) is 29.8 Å². The molecule has 0 aliphatic heterocycles. The summed E-state index contributed by atoms with van der Waals surface area (Å²) >= 11 is 0. The van der Waals surface area contributed by atoms with Gasteiger partial charge in [0.25, 0.3) is 0 Å². The van der Waals surface area contributed by atoms with Gasteiger partial charge in [-0.15, -0.1) is 0 Å². The van der Waals surface area contributed by atoms with Gasteiger partial charge in [0, 0.05) is 6.04 Å². The van der Waals surface area contributed by atoms with Crippen LogP contribution in [0.5, 0.6) is 0 Å². The van der Waals surface area contributed by atoms with Crippen LogP contribution in [0.2, 0.25) is 0 Å². The lowest BCUT2D eigenvalue weighted by atomic mass is 10.1. The standard InChI is InChI=1S/C16H22N2O3/c1-10-3-5-12(6-4-10)11(2)17-16(21)18-14(9-15(19)20)13-7-8-13/h3-6,11,13-14H,7-9H2,1-2H3,(H,19,20)(H2,17,18,21). The second-order valence-electron chi connectivity index (χ2n) is 5.79. The molecule has 2 unspecified atom stereocenters. The van der Waals surface area contributed by atoms with Crippen molar-refractivity contribution < 1.29 is 14.7 Å². The third kappa shape index (κ3) is 4.77. The molecule has 1 aromatic rings. The van der Waals surface area contributed by atoms with E-state index in [0.717, 1.165) is 18.4 Å². The van der Waals surface area contributed by atoms with Crippen molar-refractivity contribution in [2.45, 2.75) is 45.2 Å². The monoisotopic (exact) mass is 290 g/mol. The number of carboxylic acid groups (broad SMARTS) is 1. The number of nitrogens with one attached hydrogen (secondary N) is 2. The van der Waals surface area contributed by atoms with Crippen molar-refractivity contribution in [2.75, 3.05) is 0 Å². The molecule has 0 heterocycles. The predicted octanol–water partition coefficient (Wildman–Crippen LogP) is 2.61.